The molecule has 1 aromatic carbocycles. The zero-order valence-corrected chi connectivity index (χ0v) is 15.6. The summed E-state index contributed by atoms with van der Waals surface area (Å²) < 4.78 is 0. The summed E-state index contributed by atoms with van der Waals surface area (Å²) in [5.74, 6) is 0.647. The number of rotatable bonds is 5. The molecule has 6 heteroatoms. The maximum Gasteiger partial charge on any atom is 0.233 e. The molecule has 1 aromatic rings. The number of hydrogen-bond donors (Lipinski definition) is 1. The van der Waals surface area contributed by atoms with Gasteiger partial charge in [-0.05, 0) is 61.3 Å². The molecule has 0 spiro atoms. The van der Waals surface area contributed by atoms with Gasteiger partial charge in [0.05, 0.1) is 11.8 Å². The summed E-state index contributed by atoms with van der Waals surface area (Å²) in [4.78, 5) is 50.7. The number of amides is 3. The number of ketones is 1. The van der Waals surface area contributed by atoms with Gasteiger partial charge in [0.15, 0.2) is 5.78 Å². The van der Waals surface area contributed by atoms with Gasteiger partial charge in [0, 0.05) is 24.2 Å². The predicted octanol–water partition coefficient (Wildman–Crippen LogP) is 2.27. The zero-order chi connectivity index (χ0) is 19.6. The van der Waals surface area contributed by atoms with E-state index < -0.39 is 0 Å². The molecule has 28 heavy (non-hydrogen) atoms. The fourth-order valence-corrected chi connectivity index (χ4v) is 5.46. The minimum atomic E-state index is -0.255. The maximum absolute atomic E-state index is 12.9. The van der Waals surface area contributed by atoms with Crippen molar-refractivity contribution in [3.8, 4) is 0 Å². The summed E-state index contributed by atoms with van der Waals surface area (Å²) in [7, 11) is 0. The molecule has 0 radical (unpaired) electrons. The average molecular weight is 378 g/mol. The monoisotopic (exact) mass is 378 g/mol. The van der Waals surface area contributed by atoms with Crippen LogP contribution in [0.1, 0.15) is 30.1 Å². The molecule has 1 heterocycles. The van der Waals surface area contributed by atoms with Gasteiger partial charge in [-0.3, -0.25) is 24.1 Å². The average Bonchev–Trinajstić information content (AvgIpc) is 3.46. The van der Waals surface area contributed by atoms with E-state index in [-0.39, 0.29) is 60.1 Å². The van der Waals surface area contributed by atoms with E-state index in [1.54, 1.807) is 24.3 Å². The lowest BCUT2D eigenvalue weighted by atomic mass is 9.63. The zero-order valence-electron chi connectivity index (χ0n) is 15.6. The fraction of sp³-hybridized carbons (Fsp3) is 0.455. The first-order valence-electron chi connectivity index (χ1n) is 9.90. The van der Waals surface area contributed by atoms with Crippen molar-refractivity contribution in [2.75, 3.05) is 11.9 Å². The molecule has 1 saturated heterocycles. The Bertz CT molecular complexity index is 883. The topological polar surface area (TPSA) is 83.6 Å². The summed E-state index contributed by atoms with van der Waals surface area (Å²) in [5.41, 5.74) is 1.17. The molecule has 5 aliphatic rings. The molecule has 4 aliphatic carbocycles. The number of carbonyl (C=O) groups excluding carboxylic acids is 4. The Balaban J connectivity index is 1.21. The third kappa shape index (κ3) is 2.54. The minimum Gasteiger partial charge on any atom is -0.326 e. The SMILES string of the molecule is CC(=O)c1ccc(NC(=O)CCN2C(=O)[C@H]3[C@@H]4C=C[C@H]([C@H]5C[C@H]45)[C@@H]3C2=O)cc1. The van der Waals surface area contributed by atoms with E-state index in [1.807, 2.05) is 0 Å². The molecule has 6 nitrogen and oxygen atoms in total. The molecule has 0 aromatic heterocycles. The van der Waals surface area contributed by atoms with Crippen LogP contribution in [0, 0.1) is 35.5 Å². The Morgan fingerprint density at radius 2 is 1.57 bits per heavy atom. The quantitative estimate of drug-likeness (QED) is 0.484. The van der Waals surface area contributed by atoms with Crippen molar-refractivity contribution in [2.45, 2.75) is 19.8 Å². The van der Waals surface area contributed by atoms with E-state index in [4.69, 9.17) is 0 Å². The third-order valence-electron chi connectivity index (χ3n) is 6.89. The first kappa shape index (κ1) is 17.3. The molecule has 1 aliphatic heterocycles. The second kappa shape index (κ2) is 6.12. The van der Waals surface area contributed by atoms with Crippen LogP contribution in [0.15, 0.2) is 36.4 Å². The number of allylic oxidation sites excluding steroid dienone is 2. The largest absolute Gasteiger partial charge is 0.326 e. The summed E-state index contributed by atoms with van der Waals surface area (Å²) in [6.07, 6.45) is 5.50. The standard InChI is InChI=1S/C22H22N2O4/c1-11(25)12-2-4-13(5-3-12)23-18(26)8-9-24-21(27)19-14-6-7-15(17-10-16(14)17)20(19)22(24)28/h2-7,14-17,19-20H,8-10H2,1H3,(H,23,26)/t14-,15-,16-,17-,19+,20+/m1/s1. The minimum absolute atomic E-state index is 0.0357. The highest BCUT2D eigenvalue weighted by Gasteiger charge is 2.66. The van der Waals surface area contributed by atoms with E-state index in [2.05, 4.69) is 17.5 Å². The summed E-state index contributed by atoms with van der Waals surface area (Å²) in [6, 6.07) is 6.66. The van der Waals surface area contributed by atoms with Crippen molar-refractivity contribution in [1.29, 1.82) is 0 Å². The Hall–Kier alpha value is -2.76. The van der Waals surface area contributed by atoms with Crippen molar-refractivity contribution in [3.05, 3.63) is 42.0 Å². The summed E-state index contributed by atoms with van der Waals surface area (Å²) in [6.45, 7) is 1.61. The van der Waals surface area contributed by atoms with Crippen molar-refractivity contribution in [3.63, 3.8) is 0 Å². The van der Waals surface area contributed by atoms with Crippen LogP contribution in [0.3, 0.4) is 0 Å². The smallest absolute Gasteiger partial charge is 0.233 e. The van der Waals surface area contributed by atoms with Gasteiger partial charge in [-0.2, -0.15) is 0 Å². The molecule has 2 bridgehead atoms. The first-order valence-corrected chi connectivity index (χ1v) is 9.90. The van der Waals surface area contributed by atoms with E-state index in [0.717, 1.165) is 6.42 Å². The first-order chi connectivity index (χ1) is 13.5. The maximum atomic E-state index is 12.9. The van der Waals surface area contributed by atoms with Crippen LogP contribution in [-0.4, -0.2) is 34.9 Å². The van der Waals surface area contributed by atoms with Crippen molar-refractivity contribution < 1.29 is 19.2 Å². The highest BCUT2D eigenvalue weighted by Crippen LogP contribution is 2.65. The molecular formula is C22H22N2O4. The molecule has 0 unspecified atom stereocenters. The van der Waals surface area contributed by atoms with Gasteiger partial charge in [0.25, 0.3) is 0 Å². The predicted molar refractivity (Wildman–Crippen MR) is 101 cm³/mol. The molecule has 1 N–H and O–H groups in total. The number of carbonyl (C=O) groups is 4. The van der Waals surface area contributed by atoms with E-state index in [1.165, 1.54) is 11.8 Å². The number of hydrogen-bond acceptors (Lipinski definition) is 4. The molecular weight excluding hydrogens is 356 g/mol. The fourth-order valence-electron chi connectivity index (χ4n) is 5.46. The van der Waals surface area contributed by atoms with E-state index in [0.29, 0.717) is 23.1 Å². The molecule has 2 saturated carbocycles. The van der Waals surface area contributed by atoms with Gasteiger partial charge in [0.1, 0.15) is 0 Å². The molecule has 3 fully saturated rings. The Morgan fingerprint density at radius 1 is 1.00 bits per heavy atom. The number of likely N-dealkylation sites (tertiary alicyclic amines) is 1. The highest BCUT2D eigenvalue weighted by atomic mass is 16.2. The lowest BCUT2D eigenvalue weighted by Crippen LogP contribution is -2.40. The lowest BCUT2D eigenvalue weighted by molar-refractivity contribution is -0.140. The van der Waals surface area contributed by atoms with E-state index >= 15 is 0 Å². The van der Waals surface area contributed by atoms with Crippen molar-refractivity contribution in [2.24, 2.45) is 35.5 Å². The number of Topliss-reactive ketones (excluding diaryl/α,β-unsaturated/α-hetero) is 1. The van der Waals surface area contributed by atoms with Gasteiger partial charge < -0.3 is 5.32 Å². The molecule has 6 atom stereocenters. The van der Waals surface area contributed by atoms with Crippen LogP contribution in [-0.2, 0) is 14.4 Å². The van der Waals surface area contributed by atoms with Gasteiger partial charge in [-0.15, -0.1) is 0 Å². The Kier molecular flexibility index (Phi) is 3.79. The second-order valence-corrected chi connectivity index (χ2v) is 8.41. The van der Waals surface area contributed by atoms with Gasteiger partial charge in [-0.1, -0.05) is 12.2 Å². The van der Waals surface area contributed by atoms with Gasteiger partial charge in [-0.25, -0.2) is 0 Å². The van der Waals surface area contributed by atoms with Crippen molar-refractivity contribution in [1.82, 2.24) is 4.90 Å². The number of imide groups is 1. The van der Waals surface area contributed by atoms with Crippen LogP contribution >= 0.6 is 0 Å². The van der Waals surface area contributed by atoms with Crippen LogP contribution in [0.4, 0.5) is 5.69 Å². The lowest BCUT2D eigenvalue weighted by Gasteiger charge is -2.37. The normalized spacial score (nSPS) is 34.2. The van der Waals surface area contributed by atoms with Crippen LogP contribution < -0.4 is 5.32 Å². The van der Waals surface area contributed by atoms with Gasteiger partial charge in [0.2, 0.25) is 17.7 Å². The molecule has 6 rings (SSSR count). The summed E-state index contributed by atoms with van der Waals surface area (Å²) in [5, 5.41) is 2.76. The third-order valence-corrected chi connectivity index (χ3v) is 6.89. The Morgan fingerprint density at radius 3 is 2.11 bits per heavy atom. The number of anilines is 1. The van der Waals surface area contributed by atoms with E-state index in [9.17, 15) is 19.2 Å². The molecule has 3 amide bonds. The number of nitrogens with one attached hydrogen (secondary N) is 1. The number of benzene rings is 1. The summed E-state index contributed by atoms with van der Waals surface area (Å²) >= 11 is 0. The van der Waals surface area contributed by atoms with Crippen LogP contribution in [0.5, 0.6) is 0 Å². The Labute approximate surface area is 163 Å². The van der Waals surface area contributed by atoms with Crippen LogP contribution in [0.2, 0.25) is 0 Å². The highest BCUT2D eigenvalue weighted by molar-refractivity contribution is 6.06. The van der Waals surface area contributed by atoms with Gasteiger partial charge >= 0.3 is 0 Å². The number of nitrogens with zero attached hydrogens (tertiary/aromatic N) is 1. The molecule has 144 valence electrons. The van der Waals surface area contributed by atoms with Crippen molar-refractivity contribution >= 4 is 29.2 Å². The second-order valence-electron chi connectivity index (χ2n) is 8.41. The van der Waals surface area contributed by atoms with Crippen LogP contribution in [0.25, 0.3) is 0 Å².